The smallest absolute Gasteiger partial charge is 0.161 e. The zero-order chi connectivity index (χ0) is 13.9. The van der Waals surface area contributed by atoms with E-state index in [2.05, 4.69) is 18.2 Å². The Morgan fingerprint density at radius 2 is 1.62 bits per heavy atom. The second-order valence-electron chi connectivity index (χ2n) is 4.71. The van der Waals surface area contributed by atoms with Crippen LogP contribution in [0.1, 0.15) is 16.7 Å². The fourth-order valence-corrected chi connectivity index (χ4v) is 2.56. The number of hydrogen-bond acceptors (Lipinski definition) is 3. The maximum absolute atomic E-state index is 5.41. The lowest BCUT2D eigenvalue weighted by Crippen LogP contribution is -2.14. The highest BCUT2D eigenvalue weighted by Gasteiger charge is 2.19. The lowest BCUT2D eigenvalue weighted by atomic mass is 9.93. The van der Waals surface area contributed by atoms with Crippen LogP contribution in [-0.2, 0) is 6.42 Å². The molecule has 1 aliphatic rings. The van der Waals surface area contributed by atoms with Gasteiger partial charge in [0.05, 0.1) is 19.9 Å². The van der Waals surface area contributed by atoms with Gasteiger partial charge in [-0.05, 0) is 24.1 Å². The molecule has 1 heterocycles. The second-order valence-corrected chi connectivity index (χ2v) is 4.71. The van der Waals surface area contributed by atoms with Gasteiger partial charge < -0.3 is 9.47 Å². The van der Waals surface area contributed by atoms with Crippen LogP contribution in [0.4, 0.5) is 0 Å². The van der Waals surface area contributed by atoms with E-state index in [1.807, 2.05) is 24.3 Å². The molecule has 0 amide bonds. The normalized spacial score (nSPS) is 12.8. The predicted molar refractivity (Wildman–Crippen MR) is 87.4 cm³/mol. The van der Waals surface area contributed by atoms with E-state index >= 15 is 0 Å². The van der Waals surface area contributed by atoms with E-state index in [0.29, 0.717) is 0 Å². The molecule has 0 aliphatic carbocycles. The summed E-state index contributed by atoms with van der Waals surface area (Å²) in [4.78, 5) is 4.69. The van der Waals surface area contributed by atoms with Crippen LogP contribution in [0.3, 0.4) is 0 Å². The molecule has 0 unspecified atom stereocenters. The van der Waals surface area contributed by atoms with E-state index in [1.165, 1.54) is 5.56 Å². The molecule has 0 saturated heterocycles. The van der Waals surface area contributed by atoms with Crippen LogP contribution in [0.2, 0.25) is 0 Å². The monoisotopic (exact) mass is 303 g/mol. The number of fused-ring (bicyclic) bond motifs is 1. The van der Waals surface area contributed by atoms with Crippen molar-refractivity contribution in [1.82, 2.24) is 0 Å². The van der Waals surface area contributed by atoms with Crippen molar-refractivity contribution >= 4 is 18.1 Å². The highest BCUT2D eigenvalue weighted by molar-refractivity contribution is 6.14. The fourth-order valence-electron chi connectivity index (χ4n) is 2.56. The number of ether oxygens (including phenoxy) is 2. The average molecular weight is 304 g/mol. The molecular weight excluding hydrogens is 286 g/mol. The Labute approximate surface area is 131 Å². The van der Waals surface area contributed by atoms with Crippen molar-refractivity contribution in [3.8, 4) is 11.5 Å². The quantitative estimate of drug-likeness (QED) is 0.868. The highest BCUT2D eigenvalue weighted by atomic mass is 35.5. The molecular formula is C17H18ClNO2. The molecule has 0 radical (unpaired) electrons. The van der Waals surface area contributed by atoms with Crippen LogP contribution in [0.15, 0.2) is 47.5 Å². The summed E-state index contributed by atoms with van der Waals surface area (Å²) in [5, 5.41) is 0. The first-order valence-corrected chi connectivity index (χ1v) is 6.68. The molecule has 1 aliphatic heterocycles. The van der Waals surface area contributed by atoms with Crippen molar-refractivity contribution < 1.29 is 9.47 Å². The summed E-state index contributed by atoms with van der Waals surface area (Å²) in [7, 11) is 3.33. The molecule has 0 fully saturated rings. The van der Waals surface area contributed by atoms with Crippen molar-refractivity contribution in [3.05, 3.63) is 59.2 Å². The number of halogens is 1. The molecule has 0 aromatic heterocycles. The van der Waals surface area contributed by atoms with E-state index < -0.39 is 0 Å². The molecule has 21 heavy (non-hydrogen) atoms. The fraction of sp³-hybridized carbons (Fsp3) is 0.235. The molecule has 0 atom stereocenters. The van der Waals surface area contributed by atoms with Gasteiger partial charge in [-0.15, -0.1) is 12.4 Å². The van der Waals surface area contributed by atoms with Crippen molar-refractivity contribution in [3.63, 3.8) is 0 Å². The van der Waals surface area contributed by atoms with Crippen LogP contribution >= 0.6 is 12.4 Å². The molecule has 4 heteroatoms. The summed E-state index contributed by atoms with van der Waals surface area (Å²) >= 11 is 0. The first-order valence-electron chi connectivity index (χ1n) is 6.68. The summed E-state index contributed by atoms with van der Waals surface area (Å²) in [5.41, 5.74) is 4.57. The molecule has 3 rings (SSSR count). The van der Waals surface area contributed by atoms with Gasteiger partial charge in [0.25, 0.3) is 0 Å². The van der Waals surface area contributed by atoms with Crippen molar-refractivity contribution in [2.24, 2.45) is 4.99 Å². The first-order chi connectivity index (χ1) is 9.83. The van der Waals surface area contributed by atoms with E-state index in [1.54, 1.807) is 14.2 Å². The van der Waals surface area contributed by atoms with Crippen molar-refractivity contribution in [2.75, 3.05) is 20.8 Å². The Balaban J connectivity index is 0.00000161. The van der Waals surface area contributed by atoms with E-state index in [0.717, 1.165) is 41.3 Å². The minimum Gasteiger partial charge on any atom is -0.493 e. The standard InChI is InChI=1S/C17H17NO2.ClH/c1-19-15-10-13-8-9-18-17(12-6-4-3-5-7-12)14(13)11-16(15)20-2;/h3-7,10-11H,8-9H2,1-2H3;1H. The third-order valence-electron chi connectivity index (χ3n) is 3.56. The maximum atomic E-state index is 5.41. The molecule has 2 aromatic rings. The molecule has 0 bridgehead atoms. The molecule has 110 valence electrons. The van der Waals surface area contributed by atoms with Crippen molar-refractivity contribution in [1.29, 1.82) is 0 Å². The van der Waals surface area contributed by atoms with Crippen LogP contribution < -0.4 is 9.47 Å². The van der Waals surface area contributed by atoms with Gasteiger partial charge >= 0.3 is 0 Å². The highest BCUT2D eigenvalue weighted by Crippen LogP contribution is 2.33. The molecule has 0 saturated carbocycles. The zero-order valence-electron chi connectivity index (χ0n) is 12.1. The minimum atomic E-state index is 0. The first kappa shape index (κ1) is 15.4. The van der Waals surface area contributed by atoms with Gasteiger partial charge in [-0.3, -0.25) is 4.99 Å². The number of nitrogens with zero attached hydrogens (tertiary/aromatic N) is 1. The van der Waals surface area contributed by atoms with Gasteiger partial charge in [0, 0.05) is 17.7 Å². The Bertz CT molecular complexity index is 653. The number of methoxy groups -OCH3 is 2. The summed E-state index contributed by atoms with van der Waals surface area (Å²) in [6, 6.07) is 14.3. The summed E-state index contributed by atoms with van der Waals surface area (Å²) in [6.07, 6.45) is 0.937. The Kier molecular flexibility index (Phi) is 4.86. The Hall–Kier alpha value is -2.00. The van der Waals surface area contributed by atoms with Gasteiger partial charge in [-0.2, -0.15) is 0 Å². The second kappa shape index (κ2) is 6.64. The van der Waals surface area contributed by atoms with Gasteiger partial charge in [-0.1, -0.05) is 30.3 Å². The van der Waals surface area contributed by atoms with Crippen molar-refractivity contribution in [2.45, 2.75) is 6.42 Å². The summed E-state index contributed by atoms with van der Waals surface area (Å²) < 4.78 is 10.8. The van der Waals surface area contributed by atoms with Gasteiger partial charge in [0.1, 0.15) is 0 Å². The number of aliphatic imine (C=N–C) groups is 1. The summed E-state index contributed by atoms with van der Waals surface area (Å²) in [5.74, 6) is 1.53. The summed E-state index contributed by atoms with van der Waals surface area (Å²) in [6.45, 7) is 0.812. The van der Waals surface area contributed by atoms with Gasteiger partial charge in [0.2, 0.25) is 0 Å². The molecule has 0 spiro atoms. The van der Waals surface area contributed by atoms with E-state index in [-0.39, 0.29) is 12.4 Å². The van der Waals surface area contributed by atoms with Crippen LogP contribution in [-0.4, -0.2) is 26.5 Å². The predicted octanol–water partition coefficient (Wildman–Crippen LogP) is 3.52. The number of rotatable bonds is 3. The van der Waals surface area contributed by atoms with E-state index in [4.69, 9.17) is 14.5 Å². The van der Waals surface area contributed by atoms with Crippen LogP contribution in [0.5, 0.6) is 11.5 Å². The lowest BCUT2D eigenvalue weighted by molar-refractivity contribution is 0.354. The maximum Gasteiger partial charge on any atom is 0.161 e. The molecule has 3 nitrogen and oxygen atoms in total. The van der Waals surface area contributed by atoms with E-state index in [9.17, 15) is 0 Å². The Morgan fingerprint density at radius 3 is 2.29 bits per heavy atom. The Morgan fingerprint density at radius 1 is 0.952 bits per heavy atom. The average Bonchev–Trinajstić information content (AvgIpc) is 2.53. The topological polar surface area (TPSA) is 30.8 Å². The minimum absolute atomic E-state index is 0. The lowest BCUT2D eigenvalue weighted by Gasteiger charge is -2.20. The number of benzene rings is 2. The van der Waals surface area contributed by atoms with Crippen LogP contribution in [0.25, 0.3) is 0 Å². The number of hydrogen-bond donors (Lipinski definition) is 0. The largest absolute Gasteiger partial charge is 0.493 e. The SMILES string of the molecule is COc1cc2c(cc1OC)C(c1ccccc1)=NCC2.Cl. The third kappa shape index (κ3) is 2.88. The zero-order valence-corrected chi connectivity index (χ0v) is 12.9. The molecule has 0 N–H and O–H groups in total. The molecule has 2 aromatic carbocycles. The van der Waals surface area contributed by atoms with Crippen LogP contribution in [0, 0.1) is 0 Å². The third-order valence-corrected chi connectivity index (χ3v) is 3.56. The van der Waals surface area contributed by atoms with Gasteiger partial charge in [0.15, 0.2) is 11.5 Å². The van der Waals surface area contributed by atoms with Gasteiger partial charge in [-0.25, -0.2) is 0 Å².